The first-order valence-electron chi connectivity index (χ1n) is 8.08. The van der Waals surface area contributed by atoms with Crippen molar-refractivity contribution >= 4 is 23.2 Å². The molecule has 1 spiro atoms. The summed E-state index contributed by atoms with van der Waals surface area (Å²) in [6.45, 7) is 3.16. The van der Waals surface area contributed by atoms with Crippen molar-refractivity contribution in [3.63, 3.8) is 0 Å². The molecule has 1 aromatic heterocycles. The molecule has 3 heterocycles. The maximum Gasteiger partial charge on any atom is 0.492 e. The molecule has 2 saturated heterocycles. The number of piperidine rings is 1. The first-order valence-corrected chi connectivity index (χ1v) is 8.96. The number of nitrogens with zero attached hydrogens (tertiary/aromatic N) is 3. The molecule has 2 fully saturated rings. The number of aryl methyl sites for hydroxylation is 1. The largest absolute Gasteiger partial charge is 0.492 e. The molecule has 0 unspecified atom stereocenters. The second-order valence-electron chi connectivity index (χ2n) is 6.32. The second-order valence-corrected chi connectivity index (χ2v) is 7.38. The Labute approximate surface area is 151 Å². The monoisotopic (exact) mass is 393 g/mol. The number of thiazole rings is 1. The Morgan fingerprint density at radius 1 is 1.31 bits per heavy atom. The third-order valence-corrected chi connectivity index (χ3v) is 5.22. The number of hydrogen-bond acceptors (Lipinski definition) is 7. The van der Waals surface area contributed by atoms with Crippen molar-refractivity contribution < 1.29 is 32.3 Å². The Hall–Kier alpha value is -1.72. The van der Waals surface area contributed by atoms with Gasteiger partial charge in [0.15, 0.2) is 0 Å². The molecule has 1 aromatic rings. The topological polar surface area (TPSA) is 72.0 Å². The predicted octanol–water partition coefficient (Wildman–Crippen LogP) is 1.78. The van der Waals surface area contributed by atoms with Gasteiger partial charge in [-0.1, -0.05) is 0 Å². The number of amides is 1. The van der Waals surface area contributed by atoms with Gasteiger partial charge in [-0.25, -0.2) is 9.78 Å². The molecule has 11 heteroatoms. The van der Waals surface area contributed by atoms with E-state index in [4.69, 9.17) is 4.74 Å². The van der Waals surface area contributed by atoms with Crippen molar-refractivity contribution in [2.75, 3.05) is 32.8 Å². The number of hydroxylamine groups is 2. The number of carbonyl (C=O) groups is 2. The van der Waals surface area contributed by atoms with Crippen LogP contribution < -0.4 is 0 Å². The summed E-state index contributed by atoms with van der Waals surface area (Å²) < 4.78 is 42.7. The van der Waals surface area contributed by atoms with Gasteiger partial charge in [0.25, 0.3) is 5.91 Å². The van der Waals surface area contributed by atoms with Gasteiger partial charge in [0.05, 0.1) is 23.8 Å². The predicted molar refractivity (Wildman–Crippen MR) is 84.4 cm³/mol. The average molecular weight is 393 g/mol. The van der Waals surface area contributed by atoms with E-state index in [1.807, 2.05) is 6.92 Å². The van der Waals surface area contributed by atoms with Crippen LogP contribution in [0.15, 0.2) is 5.38 Å². The maximum absolute atomic E-state index is 12.6. The molecule has 1 amide bonds. The number of alkyl halides is 3. The zero-order valence-corrected chi connectivity index (χ0v) is 14.9. The summed E-state index contributed by atoms with van der Waals surface area (Å²) >= 11 is 1.39. The number of hydrogen-bond donors (Lipinski definition) is 0. The van der Waals surface area contributed by atoms with E-state index < -0.39 is 17.7 Å². The van der Waals surface area contributed by atoms with Gasteiger partial charge in [-0.05, 0) is 19.8 Å². The number of carbonyl (C=O) groups excluding carboxylic acids is 2. The van der Waals surface area contributed by atoms with Crippen LogP contribution >= 0.6 is 11.3 Å². The van der Waals surface area contributed by atoms with Gasteiger partial charge in [0.2, 0.25) is 0 Å². The quantitative estimate of drug-likeness (QED) is 0.763. The molecule has 2 aliphatic rings. The van der Waals surface area contributed by atoms with Crippen LogP contribution in [0.1, 0.15) is 28.3 Å². The Balaban J connectivity index is 1.58. The van der Waals surface area contributed by atoms with Crippen molar-refractivity contribution in [1.82, 2.24) is 14.9 Å². The van der Waals surface area contributed by atoms with Gasteiger partial charge >= 0.3 is 12.1 Å². The highest BCUT2D eigenvalue weighted by Gasteiger charge is 2.45. The third-order valence-electron chi connectivity index (χ3n) is 4.45. The molecular weight excluding hydrogens is 375 g/mol. The summed E-state index contributed by atoms with van der Waals surface area (Å²) in [5, 5.41) is 3.50. The fourth-order valence-corrected chi connectivity index (χ4v) is 3.69. The lowest BCUT2D eigenvalue weighted by molar-refractivity contribution is -0.250. The summed E-state index contributed by atoms with van der Waals surface area (Å²) in [5.74, 6) is -2.41. The number of ether oxygens (including phenoxy) is 1. The van der Waals surface area contributed by atoms with Crippen LogP contribution in [0, 0.1) is 6.92 Å². The number of aromatic nitrogens is 1. The van der Waals surface area contributed by atoms with Crippen molar-refractivity contribution in [1.29, 1.82) is 0 Å². The Bertz CT molecular complexity index is 686. The summed E-state index contributed by atoms with van der Waals surface area (Å²) in [6, 6.07) is 0. The molecule has 26 heavy (non-hydrogen) atoms. The molecule has 0 N–H and O–H groups in total. The second kappa shape index (κ2) is 7.12. The van der Waals surface area contributed by atoms with Gasteiger partial charge in [0.1, 0.15) is 5.69 Å². The fraction of sp³-hybridized carbons (Fsp3) is 0.667. The molecule has 2 aliphatic heterocycles. The fourth-order valence-electron chi connectivity index (χ4n) is 3.10. The molecule has 0 atom stereocenters. The van der Waals surface area contributed by atoms with E-state index in [0.717, 1.165) is 10.1 Å². The van der Waals surface area contributed by atoms with Gasteiger partial charge < -0.3 is 14.5 Å². The summed E-state index contributed by atoms with van der Waals surface area (Å²) in [4.78, 5) is 33.7. The smallest absolute Gasteiger partial charge is 0.371 e. The van der Waals surface area contributed by atoms with Gasteiger partial charge in [-0.2, -0.15) is 13.2 Å². The molecule has 0 saturated carbocycles. The lowest BCUT2D eigenvalue weighted by Gasteiger charge is -2.46. The Kier molecular flexibility index (Phi) is 5.22. The number of halogens is 3. The van der Waals surface area contributed by atoms with Gasteiger partial charge in [-0.15, -0.1) is 16.4 Å². The molecule has 0 radical (unpaired) electrons. The van der Waals surface area contributed by atoms with Crippen LogP contribution in [-0.4, -0.2) is 71.4 Å². The van der Waals surface area contributed by atoms with Crippen LogP contribution in [-0.2, 0) is 14.4 Å². The van der Waals surface area contributed by atoms with Crippen molar-refractivity contribution in [2.45, 2.75) is 31.5 Å². The summed E-state index contributed by atoms with van der Waals surface area (Å²) in [7, 11) is 0. The molecule has 3 rings (SSSR count). The highest BCUT2D eigenvalue weighted by molar-refractivity contribution is 7.09. The standard InChI is InChI=1S/C15H18F3N3O4S/c1-10-19-11(8-26-10)12(22)20-6-7-24-14(9-20)2-4-21(5-3-14)25-13(23)15(16,17)18/h8H,2-7,9H2,1H3. The molecule has 0 aromatic carbocycles. The minimum absolute atomic E-state index is 0.111. The summed E-state index contributed by atoms with van der Waals surface area (Å²) in [5.41, 5.74) is -0.249. The lowest BCUT2D eigenvalue weighted by atomic mass is 9.90. The normalized spacial score (nSPS) is 21.0. The van der Waals surface area contributed by atoms with E-state index >= 15 is 0 Å². The van der Waals surface area contributed by atoms with E-state index in [-0.39, 0.29) is 19.0 Å². The lowest BCUT2D eigenvalue weighted by Crippen LogP contribution is -2.58. The summed E-state index contributed by atoms with van der Waals surface area (Å²) in [6.07, 6.45) is -4.30. The third kappa shape index (κ3) is 4.15. The van der Waals surface area contributed by atoms with E-state index in [9.17, 15) is 22.8 Å². The maximum atomic E-state index is 12.6. The minimum Gasteiger partial charge on any atom is -0.371 e. The zero-order chi connectivity index (χ0) is 18.9. The number of morpholine rings is 1. The number of rotatable bonds is 2. The van der Waals surface area contributed by atoms with Crippen LogP contribution in [0.2, 0.25) is 0 Å². The minimum atomic E-state index is -5.02. The van der Waals surface area contributed by atoms with E-state index in [1.165, 1.54) is 11.3 Å². The van der Waals surface area contributed by atoms with Crippen molar-refractivity contribution in [3.05, 3.63) is 16.1 Å². The van der Waals surface area contributed by atoms with Crippen LogP contribution in [0.5, 0.6) is 0 Å². The molecule has 7 nitrogen and oxygen atoms in total. The van der Waals surface area contributed by atoms with E-state index in [2.05, 4.69) is 9.82 Å². The first-order chi connectivity index (χ1) is 12.2. The SMILES string of the molecule is Cc1nc(C(=O)N2CCOC3(CCN(OC(=O)C(F)(F)F)CC3)C2)cs1. The first kappa shape index (κ1) is 19.1. The molecule has 144 valence electrons. The Morgan fingerprint density at radius 2 is 2.00 bits per heavy atom. The van der Waals surface area contributed by atoms with Crippen LogP contribution in [0.25, 0.3) is 0 Å². The van der Waals surface area contributed by atoms with Crippen LogP contribution in [0.4, 0.5) is 13.2 Å². The van der Waals surface area contributed by atoms with E-state index in [1.54, 1.807) is 10.3 Å². The highest BCUT2D eigenvalue weighted by Crippen LogP contribution is 2.31. The highest BCUT2D eigenvalue weighted by atomic mass is 32.1. The van der Waals surface area contributed by atoms with Crippen molar-refractivity contribution in [3.8, 4) is 0 Å². The molecule has 0 bridgehead atoms. The van der Waals surface area contributed by atoms with Crippen molar-refractivity contribution in [2.24, 2.45) is 0 Å². The van der Waals surface area contributed by atoms with E-state index in [0.29, 0.717) is 38.2 Å². The van der Waals surface area contributed by atoms with Gasteiger partial charge in [-0.3, -0.25) is 4.79 Å². The average Bonchev–Trinajstić information content (AvgIpc) is 3.02. The zero-order valence-electron chi connectivity index (χ0n) is 14.0. The molecule has 0 aliphatic carbocycles. The van der Waals surface area contributed by atoms with Gasteiger partial charge in [0, 0.05) is 25.0 Å². The van der Waals surface area contributed by atoms with Crippen LogP contribution in [0.3, 0.4) is 0 Å². The Morgan fingerprint density at radius 3 is 2.58 bits per heavy atom. The molecular formula is C15H18F3N3O4S.